The minimum absolute atomic E-state index is 0.0102. The minimum atomic E-state index is -0.635. The van der Waals surface area contributed by atoms with Gasteiger partial charge >= 0.3 is 0 Å². The average Bonchev–Trinajstić information content (AvgIpc) is 2.53. The summed E-state index contributed by atoms with van der Waals surface area (Å²) in [7, 11) is 0. The molecule has 1 aromatic rings. The number of benzene rings is 1. The van der Waals surface area contributed by atoms with Gasteiger partial charge in [-0.25, -0.2) is 0 Å². The highest BCUT2D eigenvalue weighted by Gasteiger charge is 2.29. The Morgan fingerprint density at radius 3 is 2.50 bits per heavy atom. The summed E-state index contributed by atoms with van der Waals surface area (Å²) in [4.78, 5) is 14.4. The van der Waals surface area contributed by atoms with Crippen LogP contribution in [-0.4, -0.2) is 35.1 Å². The molecule has 0 saturated heterocycles. The van der Waals surface area contributed by atoms with Crippen LogP contribution < -0.4 is 5.73 Å². The zero-order valence-electron chi connectivity index (χ0n) is 11.9. The van der Waals surface area contributed by atoms with Gasteiger partial charge in [0.05, 0.1) is 6.61 Å². The third-order valence-corrected chi connectivity index (χ3v) is 4.06. The molecule has 1 saturated carbocycles. The number of hydrogen-bond acceptors (Lipinski definition) is 3. The second-order valence-corrected chi connectivity index (χ2v) is 5.44. The highest BCUT2D eigenvalue weighted by atomic mass is 16.3. The van der Waals surface area contributed by atoms with Crippen LogP contribution in [0.4, 0.5) is 0 Å². The summed E-state index contributed by atoms with van der Waals surface area (Å²) in [5, 5.41) is 9.23. The maximum absolute atomic E-state index is 12.6. The summed E-state index contributed by atoms with van der Waals surface area (Å²) in [5.41, 5.74) is 6.93. The Balaban J connectivity index is 2.09. The first-order valence-corrected chi connectivity index (χ1v) is 7.46. The first-order chi connectivity index (χ1) is 9.74. The third-order valence-electron chi connectivity index (χ3n) is 4.06. The van der Waals surface area contributed by atoms with Gasteiger partial charge in [-0.1, -0.05) is 49.6 Å². The smallest absolute Gasteiger partial charge is 0.244 e. The molecule has 4 heteroatoms. The van der Waals surface area contributed by atoms with Gasteiger partial charge in [0.2, 0.25) is 5.91 Å². The van der Waals surface area contributed by atoms with E-state index in [1.807, 2.05) is 30.3 Å². The van der Waals surface area contributed by atoms with E-state index in [1.54, 1.807) is 4.90 Å². The number of rotatable bonds is 5. The zero-order chi connectivity index (χ0) is 14.4. The highest BCUT2D eigenvalue weighted by molar-refractivity contribution is 5.83. The van der Waals surface area contributed by atoms with Crippen molar-refractivity contribution >= 4 is 5.91 Å². The molecule has 1 aliphatic rings. The molecule has 0 aromatic heterocycles. The Labute approximate surface area is 120 Å². The quantitative estimate of drug-likeness (QED) is 0.862. The van der Waals surface area contributed by atoms with Gasteiger partial charge in [0.25, 0.3) is 0 Å². The van der Waals surface area contributed by atoms with Crippen molar-refractivity contribution in [3.05, 3.63) is 35.9 Å². The third kappa shape index (κ3) is 3.58. The van der Waals surface area contributed by atoms with Crippen LogP contribution in [-0.2, 0) is 4.79 Å². The van der Waals surface area contributed by atoms with E-state index in [0.717, 1.165) is 31.2 Å². The maximum Gasteiger partial charge on any atom is 0.244 e. The van der Waals surface area contributed by atoms with E-state index in [-0.39, 0.29) is 18.6 Å². The van der Waals surface area contributed by atoms with Crippen LogP contribution in [0.1, 0.15) is 43.7 Å². The average molecular weight is 276 g/mol. The molecule has 0 radical (unpaired) electrons. The molecule has 0 aliphatic heterocycles. The molecule has 4 nitrogen and oxygen atoms in total. The Morgan fingerprint density at radius 1 is 1.25 bits per heavy atom. The van der Waals surface area contributed by atoms with E-state index in [9.17, 15) is 9.90 Å². The summed E-state index contributed by atoms with van der Waals surface area (Å²) in [5.74, 6) is -0.0721. The van der Waals surface area contributed by atoms with Crippen LogP contribution in [0.25, 0.3) is 0 Å². The zero-order valence-corrected chi connectivity index (χ0v) is 11.9. The number of nitrogens with zero attached hydrogens (tertiary/aromatic N) is 1. The van der Waals surface area contributed by atoms with Crippen LogP contribution in [0.3, 0.4) is 0 Å². The molecule has 1 fully saturated rings. The second-order valence-electron chi connectivity index (χ2n) is 5.44. The van der Waals surface area contributed by atoms with E-state index >= 15 is 0 Å². The number of nitrogens with two attached hydrogens (primary N) is 1. The van der Waals surface area contributed by atoms with Crippen molar-refractivity contribution in [1.82, 2.24) is 4.90 Å². The van der Waals surface area contributed by atoms with Crippen LogP contribution in [0.5, 0.6) is 0 Å². The molecule has 110 valence electrons. The summed E-state index contributed by atoms with van der Waals surface area (Å²) >= 11 is 0. The monoisotopic (exact) mass is 276 g/mol. The van der Waals surface area contributed by atoms with Crippen molar-refractivity contribution in [2.24, 2.45) is 5.73 Å². The summed E-state index contributed by atoms with van der Waals surface area (Å²) in [6.07, 6.45) is 5.59. The van der Waals surface area contributed by atoms with E-state index in [1.165, 1.54) is 6.42 Å². The Kier molecular flexibility index (Phi) is 5.56. The predicted octanol–water partition coefficient (Wildman–Crippen LogP) is 1.84. The SMILES string of the molecule is N[C@H](C(=O)N(CCO)C1CCCCC1)c1ccccc1. The van der Waals surface area contributed by atoms with E-state index < -0.39 is 6.04 Å². The maximum atomic E-state index is 12.6. The van der Waals surface area contributed by atoms with Crippen LogP contribution >= 0.6 is 0 Å². The topological polar surface area (TPSA) is 66.6 Å². The van der Waals surface area contributed by atoms with Crippen molar-refractivity contribution in [1.29, 1.82) is 0 Å². The first kappa shape index (κ1) is 15.0. The molecular formula is C16H24N2O2. The van der Waals surface area contributed by atoms with Crippen molar-refractivity contribution in [2.45, 2.75) is 44.2 Å². The second kappa shape index (κ2) is 7.41. The van der Waals surface area contributed by atoms with Crippen molar-refractivity contribution in [2.75, 3.05) is 13.2 Å². The largest absolute Gasteiger partial charge is 0.395 e. The van der Waals surface area contributed by atoms with Crippen molar-refractivity contribution in [3.8, 4) is 0 Å². The van der Waals surface area contributed by atoms with Gasteiger partial charge < -0.3 is 15.7 Å². The fourth-order valence-electron chi connectivity index (χ4n) is 2.95. The highest BCUT2D eigenvalue weighted by Crippen LogP contribution is 2.24. The van der Waals surface area contributed by atoms with Crippen molar-refractivity contribution in [3.63, 3.8) is 0 Å². The van der Waals surface area contributed by atoms with Gasteiger partial charge in [0.15, 0.2) is 0 Å². The Morgan fingerprint density at radius 2 is 1.90 bits per heavy atom. The number of aliphatic hydroxyl groups is 1. The van der Waals surface area contributed by atoms with Gasteiger partial charge in [-0.05, 0) is 18.4 Å². The fraction of sp³-hybridized carbons (Fsp3) is 0.562. The molecule has 1 aromatic carbocycles. The standard InChI is InChI=1S/C16H24N2O2/c17-15(13-7-3-1-4-8-13)16(20)18(11-12-19)14-9-5-2-6-10-14/h1,3-4,7-8,14-15,19H,2,5-6,9-12,17H2/t15-/m0/s1. The molecule has 0 unspecified atom stereocenters. The lowest BCUT2D eigenvalue weighted by molar-refractivity contribution is -0.136. The van der Waals surface area contributed by atoms with Gasteiger partial charge in [-0.2, -0.15) is 0 Å². The predicted molar refractivity (Wildman–Crippen MR) is 79.0 cm³/mol. The van der Waals surface area contributed by atoms with E-state index in [2.05, 4.69) is 0 Å². The minimum Gasteiger partial charge on any atom is -0.395 e. The number of aliphatic hydroxyl groups excluding tert-OH is 1. The molecule has 1 aliphatic carbocycles. The number of hydrogen-bond donors (Lipinski definition) is 2. The number of carbonyl (C=O) groups is 1. The van der Waals surface area contributed by atoms with Gasteiger partial charge in [-0.15, -0.1) is 0 Å². The molecule has 0 bridgehead atoms. The van der Waals surface area contributed by atoms with Gasteiger partial charge in [0, 0.05) is 12.6 Å². The summed E-state index contributed by atoms with van der Waals surface area (Å²) in [6, 6.07) is 9.04. The summed E-state index contributed by atoms with van der Waals surface area (Å²) in [6.45, 7) is 0.369. The normalized spacial score (nSPS) is 17.7. The lowest BCUT2D eigenvalue weighted by atomic mass is 9.93. The van der Waals surface area contributed by atoms with Gasteiger partial charge in [-0.3, -0.25) is 4.79 Å². The molecule has 20 heavy (non-hydrogen) atoms. The number of carbonyl (C=O) groups excluding carboxylic acids is 1. The first-order valence-electron chi connectivity index (χ1n) is 7.46. The summed E-state index contributed by atoms with van der Waals surface area (Å²) < 4.78 is 0. The lowest BCUT2D eigenvalue weighted by Crippen LogP contribution is -2.47. The number of amides is 1. The fourth-order valence-corrected chi connectivity index (χ4v) is 2.95. The molecule has 1 atom stereocenters. The Bertz CT molecular complexity index is 416. The molecule has 2 rings (SSSR count). The molecule has 3 N–H and O–H groups in total. The van der Waals surface area contributed by atoms with Crippen LogP contribution in [0.15, 0.2) is 30.3 Å². The van der Waals surface area contributed by atoms with E-state index in [4.69, 9.17) is 5.73 Å². The van der Waals surface area contributed by atoms with Gasteiger partial charge in [0.1, 0.15) is 6.04 Å². The van der Waals surface area contributed by atoms with Crippen molar-refractivity contribution < 1.29 is 9.90 Å². The van der Waals surface area contributed by atoms with Crippen LogP contribution in [0.2, 0.25) is 0 Å². The molecule has 1 amide bonds. The molecule has 0 spiro atoms. The molecule has 0 heterocycles. The lowest BCUT2D eigenvalue weighted by Gasteiger charge is -2.35. The van der Waals surface area contributed by atoms with Crippen LogP contribution in [0, 0.1) is 0 Å². The Hall–Kier alpha value is -1.39. The van der Waals surface area contributed by atoms with E-state index in [0.29, 0.717) is 6.54 Å². The molecular weight excluding hydrogens is 252 g/mol.